The summed E-state index contributed by atoms with van der Waals surface area (Å²) in [6, 6.07) is 33.5. The van der Waals surface area contributed by atoms with Gasteiger partial charge in [-0.15, -0.1) is 0 Å². The van der Waals surface area contributed by atoms with E-state index in [4.69, 9.17) is 0 Å². The van der Waals surface area contributed by atoms with Crippen molar-refractivity contribution in [3.63, 3.8) is 0 Å². The normalized spacial score (nSPS) is 11.5. The second kappa shape index (κ2) is 9.88. The smallest absolute Gasteiger partial charge is 0.231 e. The van der Waals surface area contributed by atoms with Gasteiger partial charge in [0.2, 0.25) is 5.91 Å². The van der Waals surface area contributed by atoms with Gasteiger partial charge in [0.25, 0.3) is 0 Å². The Morgan fingerprint density at radius 3 is 2.22 bits per heavy atom. The topological polar surface area (TPSA) is 46.2 Å². The number of hydrogen-bond donors (Lipinski definition) is 1. The van der Waals surface area contributed by atoms with E-state index in [1.165, 1.54) is 0 Å². The van der Waals surface area contributed by atoms with E-state index in [1.807, 2.05) is 85.8 Å². The highest BCUT2D eigenvalue weighted by atomic mass is 16.1. The standard InChI is InChI=1S/C29H25NO2/c1-21(23-15-9-16-24(18-23)22-10-3-2-4-11-22)29(32)30-28-17-8-7-13-26(28)19-25-12-5-6-14-27(25)20-31/h2-18,20-21H,19H2,1H3,(H,30,32). The van der Waals surface area contributed by atoms with Crippen LogP contribution in [0.15, 0.2) is 103 Å². The lowest BCUT2D eigenvalue weighted by molar-refractivity contribution is -0.117. The van der Waals surface area contributed by atoms with Crippen LogP contribution in [0.4, 0.5) is 5.69 Å². The van der Waals surface area contributed by atoms with E-state index < -0.39 is 0 Å². The number of hydrogen-bond acceptors (Lipinski definition) is 2. The fraction of sp³-hybridized carbons (Fsp3) is 0.103. The molecule has 0 aliphatic rings. The van der Waals surface area contributed by atoms with Gasteiger partial charge in [-0.1, -0.05) is 97.1 Å². The summed E-state index contributed by atoms with van der Waals surface area (Å²) < 4.78 is 0. The molecule has 1 amide bonds. The van der Waals surface area contributed by atoms with Gasteiger partial charge in [0.05, 0.1) is 5.92 Å². The number of carbonyl (C=O) groups is 2. The van der Waals surface area contributed by atoms with Crippen LogP contribution < -0.4 is 5.32 Å². The first-order valence-corrected chi connectivity index (χ1v) is 10.7. The van der Waals surface area contributed by atoms with E-state index >= 15 is 0 Å². The largest absolute Gasteiger partial charge is 0.325 e. The van der Waals surface area contributed by atoms with Crippen molar-refractivity contribution in [3.8, 4) is 11.1 Å². The maximum absolute atomic E-state index is 13.1. The first-order chi connectivity index (χ1) is 15.7. The van der Waals surface area contributed by atoms with E-state index in [-0.39, 0.29) is 11.8 Å². The zero-order valence-corrected chi connectivity index (χ0v) is 18.0. The molecule has 0 heterocycles. The Bertz CT molecular complexity index is 1230. The summed E-state index contributed by atoms with van der Waals surface area (Å²) in [4.78, 5) is 24.5. The molecular weight excluding hydrogens is 394 g/mol. The van der Waals surface area contributed by atoms with Crippen LogP contribution in [0, 0.1) is 0 Å². The van der Waals surface area contributed by atoms with Crippen LogP contribution in [0.5, 0.6) is 0 Å². The lowest BCUT2D eigenvalue weighted by Gasteiger charge is -2.16. The van der Waals surface area contributed by atoms with Crippen molar-refractivity contribution in [3.05, 3.63) is 125 Å². The number of para-hydroxylation sites is 1. The quantitative estimate of drug-likeness (QED) is 0.348. The highest BCUT2D eigenvalue weighted by Crippen LogP contribution is 2.26. The molecule has 1 N–H and O–H groups in total. The number of anilines is 1. The molecule has 0 spiro atoms. The Labute approximate surface area is 188 Å². The van der Waals surface area contributed by atoms with Crippen LogP contribution in [0.2, 0.25) is 0 Å². The zero-order valence-electron chi connectivity index (χ0n) is 18.0. The molecule has 0 radical (unpaired) electrons. The second-order valence-corrected chi connectivity index (χ2v) is 7.85. The fourth-order valence-corrected chi connectivity index (χ4v) is 3.82. The Balaban J connectivity index is 1.54. The molecule has 158 valence electrons. The third-order valence-corrected chi connectivity index (χ3v) is 5.73. The van der Waals surface area contributed by atoms with Gasteiger partial charge in [0, 0.05) is 17.7 Å². The van der Waals surface area contributed by atoms with E-state index in [1.54, 1.807) is 0 Å². The van der Waals surface area contributed by atoms with Gasteiger partial charge in [0.1, 0.15) is 6.29 Å². The van der Waals surface area contributed by atoms with E-state index in [2.05, 4.69) is 29.6 Å². The maximum atomic E-state index is 13.1. The highest BCUT2D eigenvalue weighted by molar-refractivity contribution is 5.96. The summed E-state index contributed by atoms with van der Waals surface area (Å²) in [5.41, 5.74) is 6.53. The Hall–Kier alpha value is -3.98. The molecule has 1 unspecified atom stereocenters. The van der Waals surface area contributed by atoms with Crippen LogP contribution >= 0.6 is 0 Å². The lowest BCUT2D eigenvalue weighted by Crippen LogP contribution is -2.19. The van der Waals surface area contributed by atoms with Gasteiger partial charge < -0.3 is 5.32 Å². The monoisotopic (exact) mass is 419 g/mol. The van der Waals surface area contributed by atoms with Crippen LogP contribution in [-0.4, -0.2) is 12.2 Å². The van der Waals surface area contributed by atoms with Gasteiger partial charge in [-0.3, -0.25) is 9.59 Å². The van der Waals surface area contributed by atoms with E-state index in [0.29, 0.717) is 12.0 Å². The third kappa shape index (κ3) is 4.84. The predicted molar refractivity (Wildman–Crippen MR) is 130 cm³/mol. The molecule has 4 aromatic rings. The number of aldehydes is 1. The average molecular weight is 420 g/mol. The SMILES string of the molecule is CC(C(=O)Nc1ccccc1Cc1ccccc1C=O)c1cccc(-c2ccccc2)c1. The minimum absolute atomic E-state index is 0.0636. The Morgan fingerprint density at radius 1 is 0.781 bits per heavy atom. The zero-order chi connectivity index (χ0) is 22.3. The summed E-state index contributed by atoms with van der Waals surface area (Å²) in [7, 11) is 0. The molecule has 3 heteroatoms. The molecule has 0 aliphatic heterocycles. The molecule has 1 atom stereocenters. The minimum atomic E-state index is -0.311. The van der Waals surface area contributed by atoms with Crippen LogP contribution in [-0.2, 0) is 11.2 Å². The van der Waals surface area contributed by atoms with Crippen molar-refractivity contribution < 1.29 is 9.59 Å². The predicted octanol–water partition coefficient (Wildman–Crippen LogP) is 6.50. The maximum Gasteiger partial charge on any atom is 0.231 e. The molecule has 0 aliphatic carbocycles. The summed E-state index contributed by atoms with van der Waals surface area (Å²) in [5, 5.41) is 3.10. The molecule has 4 aromatic carbocycles. The fourth-order valence-electron chi connectivity index (χ4n) is 3.82. The minimum Gasteiger partial charge on any atom is -0.325 e. The van der Waals surface area contributed by atoms with Crippen molar-refractivity contribution in [2.24, 2.45) is 0 Å². The third-order valence-electron chi connectivity index (χ3n) is 5.73. The van der Waals surface area contributed by atoms with E-state index in [0.717, 1.165) is 39.8 Å². The van der Waals surface area contributed by atoms with Crippen molar-refractivity contribution in [1.82, 2.24) is 0 Å². The number of benzene rings is 4. The second-order valence-electron chi connectivity index (χ2n) is 7.85. The molecule has 0 saturated carbocycles. The molecule has 0 saturated heterocycles. The van der Waals surface area contributed by atoms with Crippen molar-refractivity contribution in [2.45, 2.75) is 19.3 Å². The highest BCUT2D eigenvalue weighted by Gasteiger charge is 2.17. The van der Waals surface area contributed by atoms with Crippen LogP contribution in [0.3, 0.4) is 0 Å². The Kier molecular flexibility index (Phi) is 6.57. The van der Waals surface area contributed by atoms with E-state index in [9.17, 15) is 9.59 Å². The molecule has 32 heavy (non-hydrogen) atoms. The molecule has 3 nitrogen and oxygen atoms in total. The van der Waals surface area contributed by atoms with Crippen molar-refractivity contribution in [2.75, 3.05) is 5.32 Å². The van der Waals surface area contributed by atoms with Crippen LogP contribution in [0.1, 0.15) is 39.9 Å². The summed E-state index contributed by atoms with van der Waals surface area (Å²) in [6.45, 7) is 1.92. The van der Waals surface area contributed by atoms with Crippen LogP contribution in [0.25, 0.3) is 11.1 Å². The van der Waals surface area contributed by atoms with Gasteiger partial charge in [0.15, 0.2) is 0 Å². The van der Waals surface area contributed by atoms with Crippen molar-refractivity contribution >= 4 is 17.9 Å². The molecular formula is C29H25NO2. The van der Waals surface area contributed by atoms with Gasteiger partial charge in [-0.05, 0) is 40.8 Å². The molecule has 0 bridgehead atoms. The number of nitrogens with one attached hydrogen (secondary N) is 1. The summed E-state index contributed by atoms with van der Waals surface area (Å²) in [5.74, 6) is -0.375. The lowest BCUT2D eigenvalue weighted by atomic mass is 9.95. The van der Waals surface area contributed by atoms with Gasteiger partial charge in [-0.2, -0.15) is 0 Å². The number of carbonyl (C=O) groups excluding carboxylic acids is 2. The number of amides is 1. The average Bonchev–Trinajstić information content (AvgIpc) is 2.85. The summed E-state index contributed by atoms with van der Waals surface area (Å²) >= 11 is 0. The van der Waals surface area contributed by atoms with Crippen molar-refractivity contribution in [1.29, 1.82) is 0 Å². The van der Waals surface area contributed by atoms with Gasteiger partial charge in [-0.25, -0.2) is 0 Å². The summed E-state index contributed by atoms with van der Waals surface area (Å²) in [6.07, 6.45) is 1.45. The molecule has 4 rings (SSSR count). The number of rotatable bonds is 7. The molecule has 0 fully saturated rings. The Morgan fingerprint density at radius 2 is 1.44 bits per heavy atom. The first kappa shape index (κ1) is 21.3. The molecule has 0 aromatic heterocycles. The van der Waals surface area contributed by atoms with Gasteiger partial charge >= 0.3 is 0 Å². The first-order valence-electron chi connectivity index (χ1n) is 10.7.